The smallest absolute Gasteiger partial charge is 0.329 e. The van der Waals surface area contributed by atoms with Crippen molar-refractivity contribution in [3.05, 3.63) is 29.8 Å². The first-order valence-electron chi connectivity index (χ1n) is 21.1. The molecule has 0 saturated carbocycles. The molecule has 1 saturated heterocycles. The van der Waals surface area contributed by atoms with E-state index in [1.807, 2.05) is 53.7 Å². The van der Waals surface area contributed by atoms with Crippen LogP contribution in [0.25, 0.3) is 0 Å². The highest BCUT2D eigenvalue weighted by atomic mass is 32.2. The average Bonchev–Trinajstić information content (AvgIpc) is 3.88. The monoisotopic (exact) mass is 827 g/mol. The molecule has 0 radical (unpaired) electrons. The maximum Gasteiger partial charge on any atom is 0.329 e. The molecule has 0 aromatic heterocycles. The standard InChI is InChI=1S/C44H69N5O8S/c1-12-27(3)38-42(54)49-21-13-14-34(49)43(55)57-36(44(6,7)8)23-26(2)22-35(50)28(4)39-45-31(25-58-39)17-20-37(51)46-33(24-30-15-18-32(56-11)19-16-30)41(53)47(9)29(5)40(52)48(38)10/h15-16,18-19,26-29,31,33-36,38,50H,12-14,17,20-25H2,1-11H3,(H,46,51)/t26-,27-,28-,29-,31-,33?,34-,35-,36?,38-/m0/s1. The topological polar surface area (TPSA) is 158 Å². The maximum absolute atomic E-state index is 14.6. The molecule has 3 aliphatic rings. The first-order valence-corrected chi connectivity index (χ1v) is 22.1. The minimum atomic E-state index is -0.976. The lowest BCUT2D eigenvalue weighted by Gasteiger charge is -2.39. The van der Waals surface area contributed by atoms with E-state index in [2.05, 4.69) is 12.2 Å². The van der Waals surface area contributed by atoms with Crippen molar-refractivity contribution in [1.82, 2.24) is 20.0 Å². The molecule has 58 heavy (non-hydrogen) atoms. The second-order valence-corrected chi connectivity index (χ2v) is 19.0. The molecule has 0 aliphatic carbocycles. The maximum atomic E-state index is 14.6. The van der Waals surface area contributed by atoms with Crippen LogP contribution in [-0.4, -0.2) is 130 Å². The number of ether oxygens (including phenoxy) is 2. The van der Waals surface area contributed by atoms with E-state index < -0.39 is 59.6 Å². The Morgan fingerprint density at radius 3 is 2.28 bits per heavy atom. The molecule has 324 valence electrons. The predicted octanol–water partition coefficient (Wildman–Crippen LogP) is 5.11. The molecule has 10 atom stereocenters. The molecule has 3 heterocycles. The van der Waals surface area contributed by atoms with E-state index in [9.17, 15) is 29.1 Å². The molecule has 4 amide bonds. The molecular weight excluding hydrogens is 759 g/mol. The van der Waals surface area contributed by atoms with Gasteiger partial charge in [0.1, 0.15) is 36.0 Å². The second kappa shape index (κ2) is 20.5. The molecule has 0 spiro atoms. The Bertz CT molecular complexity index is 1630. The third-order valence-electron chi connectivity index (χ3n) is 12.4. The molecule has 1 fully saturated rings. The fourth-order valence-corrected chi connectivity index (χ4v) is 9.38. The van der Waals surface area contributed by atoms with E-state index in [1.54, 1.807) is 56.9 Å². The molecule has 2 N–H and O–H groups in total. The van der Waals surface area contributed by atoms with Gasteiger partial charge in [-0.1, -0.05) is 67.0 Å². The molecule has 14 heteroatoms. The lowest BCUT2D eigenvalue weighted by Crippen LogP contribution is -2.59. The van der Waals surface area contributed by atoms with Gasteiger partial charge in [-0.15, -0.1) is 11.8 Å². The SMILES string of the molecule is CC[C@H](C)[C@H]1C(=O)N2CCC[C@H]2C(=O)OC(C(C)(C)C)C[C@@H](C)C[C@H](O)[C@H](C)C2=N[C@@H](CCC(=O)NC(Cc3ccc(OC)cc3)C(=O)N(C)[C@@H](C)C(=O)N1C)CS2. The quantitative estimate of drug-likeness (QED) is 0.385. The summed E-state index contributed by atoms with van der Waals surface area (Å²) in [6.07, 6.45) is 2.36. The molecule has 3 aliphatic heterocycles. The molecule has 2 bridgehead atoms. The van der Waals surface area contributed by atoms with E-state index >= 15 is 0 Å². The summed E-state index contributed by atoms with van der Waals surface area (Å²) in [7, 11) is 4.70. The third-order valence-corrected chi connectivity index (χ3v) is 13.7. The molecule has 13 nitrogen and oxygen atoms in total. The minimum absolute atomic E-state index is 0.0138. The van der Waals surface area contributed by atoms with E-state index in [-0.39, 0.29) is 48.5 Å². The number of hydrogen-bond donors (Lipinski definition) is 2. The van der Waals surface area contributed by atoms with E-state index in [0.717, 1.165) is 10.6 Å². The number of aliphatic hydroxyl groups is 1. The number of carbonyl (C=O) groups excluding carboxylic acids is 5. The summed E-state index contributed by atoms with van der Waals surface area (Å²) < 4.78 is 11.6. The summed E-state index contributed by atoms with van der Waals surface area (Å²) in [6, 6.07) is 3.51. The highest BCUT2D eigenvalue weighted by Crippen LogP contribution is 2.34. The van der Waals surface area contributed by atoms with Crippen molar-refractivity contribution in [3.63, 3.8) is 0 Å². The number of esters is 1. The number of hydrogen-bond acceptors (Lipinski definition) is 10. The Morgan fingerprint density at radius 2 is 1.66 bits per heavy atom. The Balaban J connectivity index is 1.69. The van der Waals surface area contributed by atoms with Crippen LogP contribution in [0.1, 0.15) is 106 Å². The van der Waals surface area contributed by atoms with Crippen molar-refractivity contribution in [2.45, 2.75) is 149 Å². The van der Waals surface area contributed by atoms with Crippen LogP contribution in [0.5, 0.6) is 5.75 Å². The first kappa shape index (κ1) is 47.0. The van der Waals surface area contributed by atoms with Gasteiger partial charge in [-0.25, -0.2) is 4.79 Å². The number of fused-ring (bicyclic) bond motifs is 2. The van der Waals surface area contributed by atoms with Crippen molar-refractivity contribution >= 4 is 46.4 Å². The summed E-state index contributed by atoms with van der Waals surface area (Å²) >= 11 is 1.60. The number of rotatable bonds is 5. The van der Waals surface area contributed by atoms with Crippen molar-refractivity contribution in [2.24, 2.45) is 28.2 Å². The van der Waals surface area contributed by atoms with E-state index in [1.165, 1.54) is 9.80 Å². The van der Waals surface area contributed by atoms with Crippen LogP contribution in [0.3, 0.4) is 0 Å². The minimum Gasteiger partial charge on any atom is -0.497 e. The number of amides is 4. The molecule has 1 aromatic rings. The van der Waals surface area contributed by atoms with Gasteiger partial charge < -0.3 is 34.6 Å². The van der Waals surface area contributed by atoms with E-state index in [0.29, 0.717) is 56.6 Å². The molecular formula is C44H69N5O8S. The Labute approximate surface area is 350 Å². The van der Waals surface area contributed by atoms with Gasteiger partial charge in [0.05, 0.1) is 24.3 Å². The first-order chi connectivity index (χ1) is 27.3. The van der Waals surface area contributed by atoms with Crippen LogP contribution in [-0.2, 0) is 35.1 Å². The van der Waals surface area contributed by atoms with Gasteiger partial charge in [0, 0.05) is 45.2 Å². The van der Waals surface area contributed by atoms with Crippen LogP contribution >= 0.6 is 11.8 Å². The number of nitrogens with zero attached hydrogens (tertiary/aromatic N) is 4. The number of aliphatic hydroxyl groups excluding tert-OH is 1. The lowest BCUT2D eigenvalue weighted by atomic mass is 9.81. The van der Waals surface area contributed by atoms with Gasteiger partial charge in [0.2, 0.25) is 23.6 Å². The summed E-state index contributed by atoms with van der Waals surface area (Å²) in [4.78, 5) is 80.0. The second-order valence-electron chi connectivity index (χ2n) is 18.0. The summed E-state index contributed by atoms with van der Waals surface area (Å²) in [6.45, 7) is 16.0. The fraction of sp³-hybridized carbons (Fsp3) is 0.727. The van der Waals surface area contributed by atoms with Crippen LogP contribution in [0.15, 0.2) is 29.3 Å². The Morgan fingerprint density at radius 1 is 0.983 bits per heavy atom. The number of aliphatic imine (C=N–C) groups is 1. The van der Waals surface area contributed by atoms with Crippen molar-refractivity contribution < 1.29 is 38.6 Å². The summed E-state index contributed by atoms with van der Waals surface area (Å²) in [5.41, 5.74) is 0.396. The van der Waals surface area contributed by atoms with Gasteiger partial charge in [-0.05, 0) is 74.0 Å². The van der Waals surface area contributed by atoms with Crippen LogP contribution in [0, 0.1) is 23.2 Å². The van der Waals surface area contributed by atoms with Gasteiger partial charge in [0.15, 0.2) is 0 Å². The Kier molecular flexibility index (Phi) is 16.7. The number of nitrogens with one attached hydrogen (secondary N) is 1. The van der Waals surface area contributed by atoms with Crippen LogP contribution in [0.4, 0.5) is 0 Å². The average molecular weight is 828 g/mol. The van der Waals surface area contributed by atoms with Crippen LogP contribution < -0.4 is 10.1 Å². The van der Waals surface area contributed by atoms with Gasteiger partial charge in [-0.2, -0.15) is 0 Å². The number of likely N-dealkylation sites (N-methyl/N-ethyl adjacent to an activating group) is 2. The van der Waals surface area contributed by atoms with Crippen molar-refractivity contribution in [3.8, 4) is 5.75 Å². The van der Waals surface area contributed by atoms with Crippen molar-refractivity contribution in [2.75, 3.05) is 33.5 Å². The molecule has 2 unspecified atom stereocenters. The van der Waals surface area contributed by atoms with Gasteiger partial charge >= 0.3 is 5.97 Å². The van der Waals surface area contributed by atoms with Crippen LogP contribution in [0.2, 0.25) is 0 Å². The van der Waals surface area contributed by atoms with Crippen molar-refractivity contribution in [1.29, 1.82) is 0 Å². The highest BCUT2D eigenvalue weighted by Gasteiger charge is 2.44. The number of thioether (sulfide) groups is 1. The number of carbonyl (C=O) groups is 5. The predicted molar refractivity (Wildman–Crippen MR) is 227 cm³/mol. The van der Waals surface area contributed by atoms with E-state index in [4.69, 9.17) is 14.5 Å². The molecule has 1 aromatic carbocycles. The normalized spacial score (nSPS) is 31.2. The van der Waals surface area contributed by atoms with Gasteiger partial charge in [0.25, 0.3) is 0 Å². The zero-order chi connectivity index (χ0) is 43.1. The number of cyclic esters (lactones) is 1. The lowest BCUT2D eigenvalue weighted by molar-refractivity contribution is -0.166. The Hall–Kier alpha value is -3.65. The van der Waals surface area contributed by atoms with Gasteiger partial charge in [-0.3, -0.25) is 24.2 Å². The fourth-order valence-electron chi connectivity index (χ4n) is 8.13. The largest absolute Gasteiger partial charge is 0.497 e. The zero-order valence-corrected chi connectivity index (χ0v) is 37.5. The summed E-state index contributed by atoms with van der Waals surface area (Å²) in [5, 5.41) is 15.2. The highest BCUT2D eigenvalue weighted by molar-refractivity contribution is 8.14. The zero-order valence-electron chi connectivity index (χ0n) is 36.7. The number of methoxy groups -OCH3 is 1. The third kappa shape index (κ3) is 11.8. The summed E-state index contributed by atoms with van der Waals surface area (Å²) in [5.74, 6) is -1.06. The number of benzene rings is 1. The molecule has 4 rings (SSSR count).